The van der Waals surface area contributed by atoms with Crippen molar-refractivity contribution in [3.05, 3.63) is 29.3 Å². The van der Waals surface area contributed by atoms with Crippen molar-refractivity contribution in [1.82, 2.24) is 0 Å². The molecule has 1 rings (SSSR count). The van der Waals surface area contributed by atoms with Crippen LogP contribution in [0.25, 0.3) is 0 Å². The van der Waals surface area contributed by atoms with E-state index in [0.717, 1.165) is 0 Å². The van der Waals surface area contributed by atoms with Crippen LogP contribution in [0.2, 0.25) is 0 Å². The first-order valence-electron chi connectivity index (χ1n) is 4.99. The Balaban J connectivity index is 3.21. The average molecular weight is 258 g/mol. The molecule has 17 heavy (non-hydrogen) atoms. The van der Waals surface area contributed by atoms with Crippen molar-refractivity contribution in [3.63, 3.8) is 0 Å². The molecule has 0 fully saturated rings. The maximum absolute atomic E-state index is 11.8. The number of aliphatic hydroxyl groups excluding tert-OH is 1. The molecule has 1 atom stereocenters. The normalized spacial score (nSPS) is 13.4. The van der Waals surface area contributed by atoms with E-state index in [-0.39, 0.29) is 16.2 Å². The van der Waals surface area contributed by atoms with E-state index >= 15 is 0 Å². The largest absolute Gasteiger partial charge is 0.478 e. The van der Waals surface area contributed by atoms with E-state index in [0.29, 0.717) is 5.56 Å². The fourth-order valence-corrected chi connectivity index (χ4v) is 3.18. The van der Waals surface area contributed by atoms with Gasteiger partial charge in [-0.3, -0.25) is 0 Å². The number of benzene rings is 1. The van der Waals surface area contributed by atoms with Crippen molar-refractivity contribution < 1.29 is 23.4 Å². The van der Waals surface area contributed by atoms with E-state index in [4.69, 9.17) is 10.2 Å². The molecular weight excluding hydrogens is 244 g/mol. The van der Waals surface area contributed by atoms with E-state index in [9.17, 15) is 13.2 Å². The first-order chi connectivity index (χ1) is 7.74. The third-order valence-electron chi connectivity index (χ3n) is 2.22. The highest BCUT2D eigenvalue weighted by atomic mass is 32.2. The second-order valence-corrected chi connectivity index (χ2v) is 5.92. The summed E-state index contributed by atoms with van der Waals surface area (Å²) < 4.78 is 23.7. The number of aryl methyl sites for hydroxylation is 1. The third-order valence-corrected chi connectivity index (χ3v) is 4.27. The van der Waals surface area contributed by atoms with Crippen LogP contribution in [0.1, 0.15) is 22.8 Å². The fraction of sp³-hybridized carbons (Fsp3) is 0.364. The van der Waals surface area contributed by atoms with Crippen molar-refractivity contribution in [1.29, 1.82) is 0 Å². The maximum atomic E-state index is 11.8. The second kappa shape index (κ2) is 4.85. The van der Waals surface area contributed by atoms with Gasteiger partial charge in [-0.1, -0.05) is 0 Å². The summed E-state index contributed by atoms with van der Waals surface area (Å²) in [6.07, 6.45) is -0.960. The monoisotopic (exact) mass is 258 g/mol. The summed E-state index contributed by atoms with van der Waals surface area (Å²) in [5, 5.41) is 17.9. The predicted molar refractivity (Wildman–Crippen MR) is 61.9 cm³/mol. The lowest BCUT2D eigenvalue weighted by molar-refractivity contribution is 0.0696. The zero-order chi connectivity index (χ0) is 13.2. The molecule has 0 aromatic heterocycles. The summed E-state index contributed by atoms with van der Waals surface area (Å²) in [6, 6.07) is 3.80. The third kappa shape index (κ3) is 3.28. The number of hydrogen-bond donors (Lipinski definition) is 2. The molecule has 1 unspecified atom stereocenters. The minimum atomic E-state index is -3.58. The number of hydrogen-bond acceptors (Lipinski definition) is 4. The molecule has 0 bridgehead atoms. The first-order valence-corrected chi connectivity index (χ1v) is 6.64. The van der Waals surface area contributed by atoms with Crippen LogP contribution in [0.5, 0.6) is 0 Å². The highest BCUT2D eigenvalue weighted by Crippen LogP contribution is 2.19. The Morgan fingerprint density at radius 2 is 2.00 bits per heavy atom. The highest BCUT2D eigenvalue weighted by molar-refractivity contribution is 7.91. The molecule has 0 aliphatic carbocycles. The number of rotatable bonds is 4. The first kappa shape index (κ1) is 13.7. The fourth-order valence-electron chi connectivity index (χ4n) is 1.54. The van der Waals surface area contributed by atoms with Gasteiger partial charge in [0.1, 0.15) is 0 Å². The van der Waals surface area contributed by atoms with Crippen molar-refractivity contribution in [2.45, 2.75) is 24.8 Å². The number of carboxylic acid groups (broad SMARTS) is 1. The Morgan fingerprint density at radius 3 is 2.41 bits per heavy atom. The Morgan fingerprint density at radius 1 is 1.41 bits per heavy atom. The molecule has 2 N–H and O–H groups in total. The van der Waals surface area contributed by atoms with Crippen molar-refractivity contribution in [3.8, 4) is 0 Å². The zero-order valence-corrected chi connectivity index (χ0v) is 10.4. The Labute approximate surface area is 99.6 Å². The molecule has 0 heterocycles. The molecular formula is C11H14O5S. The molecule has 0 radical (unpaired) electrons. The van der Waals surface area contributed by atoms with Gasteiger partial charge in [0.05, 0.1) is 22.3 Å². The molecule has 94 valence electrons. The SMILES string of the molecule is Cc1cc(C(=O)O)ccc1S(=O)(=O)CC(C)O. The number of sulfone groups is 1. The Hall–Kier alpha value is -1.40. The standard InChI is InChI=1S/C11H14O5S/c1-7-5-9(11(13)14)3-4-10(7)17(15,16)6-8(2)12/h3-5,8,12H,6H2,1-2H3,(H,13,14). The lowest BCUT2D eigenvalue weighted by Gasteiger charge is -2.09. The van der Waals surface area contributed by atoms with Crippen LogP contribution in [-0.2, 0) is 9.84 Å². The van der Waals surface area contributed by atoms with Crippen LogP contribution in [0.15, 0.2) is 23.1 Å². The summed E-state index contributed by atoms with van der Waals surface area (Å²) in [4.78, 5) is 10.8. The summed E-state index contributed by atoms with van der Waals surface area (Å²) in [6.45, 7) is 2.92. The van der Waals surface area contributed by atoms with Crippen molar-refractivity contribution >= 4 is 15.8 Å². The molecule has 0 amide bonds. The summed E-state index contributed by atoms with van der Waals surface area (Å²) in [5.41, 5.74) is 0.407. The quantitative estimate of drug-likeness (QED) is 0.835. The number of aromatic carboxylic acids is 1. The summed E-state index contributed by atoms with van der Waals surface area (Å²) in [7, 11) is -3.58. The molecule has 0 saturated carbocycles. The second-order valence-electron chi connectivity index (χ2n) is 3.92. The van der Waals surface area contributed by atoms with Gasteiger partial charge >= 0.3 is 5.97 Å². The van der Waals surface area contributed by atoms with E-state index in [2.05, 4.69) is 0 Å². The van der Waals surface area contributed by atoms with Crippen LogP contribution in [-0.4, -0.2) is 36.5 Å². The van der Waals surface area contributed by atoms with Gasteiger partial charge in [0.25, 0.3) is 0 Å². The van der Waals surface area contributed by atoms with E-state index < -0.39 is 21.9 Å². The highest BCUT2D eigenvalue weighted by Gasteiger charge is 2.20. The van der Waals surface area contributed by atoms with Gasteiger partial charge in [-0.15, -0.1) is 0 Å². The minimum absolute atomic E-state index is 0.0403. The maximum Gasteiger partial charge on any atom is 0.335 e. The topological polar surface area (TPSA) is 91.7 Å². The van der Waals surface area contributed by atoms with Crippen molar-refractivity contribution in [2.24, 2.45) is 0 Å². The summed E-state index contributed by atoms with van der Waals surface area (Å²) in [5.74, 6) is -1.48. The predicted octanol–water partition coefficient (Wildman–Crippen LogP) is 0.848. The molecule has 6 heteroatoms. The van der Waals surface area contributed by atoms with Crippen LogP contribution in [0.3, 0.4) is 0 Å². The van der Waals surface area contributed by atoms with Crippen molar-refractivity contribution in [2.75, 3.05) is 5.75 Å². The van der Waals surface area contributed by atoms with Crippen LogP contribution < -0.4 is 0 Å². The number of aliphatic hydroxyl groups is 1. The zero-order valence-electron chi connectivity index (χ0n) is 9.54. The van der Waals surface area contributed by atoms with Crippen LogP contribution in [0.4, 0.5) is 0 Å². The molecule has 0 aliphatic heterocycles. The lowest BCUT2D eigenvalue weighted by atomic mass is 10.1. The van der Waals surface area contributed by atoms with Gasteiger partial charge in [-0.25, -0.2) is 13.2 Å². The molecule has 0 saturated heterocycles. The lowest BCUT2D eigenvalue weighted by Crippen LogP contribution is -2.18. The van der Waals surface area contributed by atoms with Gasteiger partial charge in [-0.2, -0.15) is 0 Å². The molecule has 1 aromatic rings. The molecule has 0 spiro atoms. The van der Waals surface area contributed by atoms with Crippen LogP contribution >= 0.6 is 0 Å². The Kier molecular flexibility index (Phi) is 3.90. The van der Waals surface area contributed by atoms with Crippen LogP contribution in [0, 0.1) is 6.92 Å². The Bertz CT molecular complexity index is 531. The number of carboxylic acids is 1. The summed E-state index contributed by atoms with van der Waals surface area (Å²) >= 11 is 0. The minimum Gasteiger partial charge on any atom is -0.478 e. The van der Waals surface area contributed by atoms with Gasteiger partial charge in [0.2, 0.25) is 0 Å². The molecule has 0 aliphatic rings. The van der Waals surface area contributed by atoms with Gasteiger partial charge < -0.3 is 10.2 Å². The van der Waals surface area contributed by atoms with E-state index in [1.165, 1.54) is 32.0 Å². The van der Waals surface area contributed by atoms with Gasteiger partial charge in [0.15, 0.2) is 9.84 Å². The number of carbonyl (C=O) groups is 1. The van der Waals surface area contributed by atoms with E-state index in [1.54, 1.807) is 0 Å². The van der Waals surface area contributed by atoms with Gasteiger partial charge in [-0.05, 0) is 37.6 Å². The molecule has 5 nitrogen and oxygen atoms in total. The van der Waals surface area contributed by atoms with E-state index in [1.807, 2.05) is 0 Å². The smallest absolute Gasteiger partial charge is 0.335 e. The average Bonchev–Trinajstić information content (AvgIpc) is 2.14. The molecule has 1 aromatic carbocycles. The van der Waals surface area contributed by atoms with Gasteiger partial charge in [0, 0.05) is 0 Å².